The number of nitrogens with one attached hydrogen (secondary N) is 2. The Morgan fingerprint density at radius 2 is 1.89 bits per heavy atom. The number of rotatable bonds is 5. The second-order valence-electron chi connectivity index (χ2n) is 7.75. The molecule has 2 aromatic carbocycles. The molecule has 4 aromatic rings. The van der Waals surface area contributed by atoms with Crippen LogP contribution in [0.1, 0.15) is 27.0 Å². The summed E-state index contributed by atoms with van der Waals surface area (Å²) in [5, 5.41) is 14.2. The number of aromatic nitrogens is 2. The number of hydrogen-bond acceptors (Lipinski definition) is 5. The van der Waals surface area contributed by atoms with Crippen molar-refractivity contribution in [2.45, 2.75) is 11.1 Å². The number of nitrogens with zero attached hydrogens (tertiary/aromatic N) is 4. The molecule has 0 aliphatic carbocycles. The third-order valence-corrected chi connectivity index (χ3v) is 6.87. The van der Waals surface area contributed by atoms with Crippen molar-refractivity contribution in [1.82, 2.24) is 14.9 Å². The van der Waals surface area contributed by atoms with Crippen LogP contribution in [0.2, 0.25) is 0 Å². The Morgan fingerprint density at radius 1 is 1.06 bits per heavy atom. The van der Waals surface area contributed by atoms with E-state index in [0.29, 0.717) is 16.9 Å². The van der Waals surface area contributed by atoms with Gasteiger partial charge in [0.2, 0.25) is 0 Å². The van der Waals surface area contributed by atoms with E-state index in [-0.39, 0.29) is 11.3 Å². The number of fused-ring (bicyclic) bond motifs is 1. The molecular weight excluding hydrogens is 460 g/mol. The van der Waals surface area contributed by atoms with E-state index in [4.69, 9.17) is 5.26 Å². The number of pyridine rings is 1. The number of nitriles is 1. The van der Waals surface area contributed by atoms with Gasteiger partial charge in [0.05, 0.1) is 22.8 Å². The minimum absolute atomic E-state index is 0.116. The van der Waals surface area contributed by atoms with Crippen molar-refractivity contribution in [2.24, 2.45) is 0 Å². The summed E-state index contributed by atoms with van der Waals surface area (Å²) in [5.41, 5.74) is 4.32. The molecule has 1 unspecified atom stereocenters. The molecule has 2 N–H and O–H groups in total. The zero-order chi connectivity index (χ0) is 24.2. The zero-order valence-corrected chi connectivity index (χ0v) is 19.3. The van der Waals surface area contributed by atoms with Crippen LogP contribution in [0.5, 0.6) is 0 Å². The molecule has 0 fully saturated rings. The Hall–Kier alpha value is -4.55. The summed E-state index contributed by atoms with van der Waals surface area (Å²) in [6.07, 6.45) is 7.25. The number of carbonyl (C=O) groups excluding carboxylic acids is 2. The Bertz CT molecular complexity index is 1410. The van der Waals surface area contributed by atoms with Crippen LogP contribution in [-0.2, 0) is 5.75 Å². The normalized spacial score (nSPS) is 14.0. The molecule has 0 saturated carbocycles. The Morgan fingerprint density at radius 3 is 2.66 bits per heavy atom. The van der Waals surface area contributed by atoms with Gasteiger partial charge in [0.1, 0.15) is 5.37 Å². The molecule has 1 aliphatic rings. The Balaban J connectivity index is 1.39. The maximum atomic E-state index is 13.2. The first-order valence-corrected chi connectivity index (χ1v) is 11.9. The number of anilines is 3. The fourth-order valence-corrected chi connectivity index (χ4v) is 5.34. The maximum Gasteiger partial charge on any atom is 0.339 e. The third kappa shape index (κ3) is 4.47. The fraction of sp³-hybridized carbons (Fsp3) is 0.0769. The van der Waals surface area contributed by atoms with E-state index < -0.39 is 6.03 Å². The average molecular weight is 481 g/mol. The summed E-state index contributed by atoms with van der Waals surface area (Å²) in [4.78, 5) is 31.4. The molecule has 8 nitrogen and oxygen atoms in total. The number of hydrogen-bond donors (Lipinski definition) is 2. The van der Waals surface area contributed by atoms with Crippen molar-refractivity contribution in [3.8, 4) is 6.19 Å². The summed E-state index contributed by atoms with van der Waals surface area (Å²) in [6.45, 7) is 0. The molecule has 1 aliphatic heterocycles. The maximum absolute atomic E-state index is 13.2. The minimum Gasteiger partial charge on any atom is -0.332 e. The van der Waals surface area contributed by atoms with Gasteiger partial charge >= 0.3 is 6.03 Å². The molecule has 2 aromatic heterocycles. The number of benzene rings is 2. The van der Waals surface area contributed by atoms with Crippen LogP contribution in [0.25, 0.3) is 0 Å². The highest BCUT2D eigenvalue weighted by atomic mass is 32.2. The summed E-state index contributed by atoms with van der Waals surface area (Å²) >= 11 is 1.77. The van der Waals surface area contributed by atoms with Crippen LogP contribution < -0.4 is 15.5 Å². The highest BCUT2D eigenvalue weighted by Gasteiger charge is 2.27. The molecule has 9 heteroatoms. The van der Waals surface area contributed by atoms with Gasteiger partial charge in [-0.15, -0.1) is 11.8 Å². The van der Waals surface area contributed by atoms with Crippen LogP contribution in [-0.4, -0.2) is 21.5 Å². The Labute approximate surface area is 206 Å². The van der Waals surface area contributed by atoms with E-state index in [9.17, 15) is 9.59 Å². The van der Waals surface area contributed by atoms with E-state index >= 15 is 0 Å². The molecule has 3 amide bonds. The highest BCUT2D eigenvalue weighted by molar-refractivity contribution is 7.99. The van der Waals surface area contributed by atoms with Gasteiger partial charge in [-0.25, -0.2) is 10.1 Å². The first kappa shape index (κ1) is 22.3. The molecule has 35 heavy (non-hydrogen) atoms. The molecule has 0 radical (unpaired) electrons. The molecule has 5 rings (SSSR count). The van der Waals surface area contributed by atoms with E-state index in [1.54, 1.807) is 72.7 Å². The van der Waals surface area contributed by atoms with Crippen molar-refractivity contribution in [3.63, 3.8) is 0 Å². The summed E-state index contributed by atoms with van der Waals surface area (Å²) in [6, 6.07) is 20.9. The van der Waals surface area contributed by atoms with E-state index in [1.165, 1.54) is 4.90 Å². The molecule has 3 heterocycles. The third-order valence-electron chi connectivity index (χ3n) is 5.62. The quantitative estimate of drug-likeness (QED) is 0.300. The second-order valence-corrected chi connectivity index (χ2v) is 8.82. The van der Waals surface area contributed by atoms with Gasteiger partial charge in [-0.1, -0.05) is 30.3 Å². The van der Waals surface area contributed by atoms with Gasteiger partial charge in [0.25, 0.3) is 5.91 Å². The number of amides is 3. The lowest BCUT2D eigenvalue weighted by Gasteiger charge is -2.22. The molecule has 0 bridgehead atoms. The van der Waals surface area contributed by atoms with Crippen molar-refractivity contribution in [1.29, 1.82) is 5.26 Å². The van der Waals surface area contributed by atoms with Crippen molar-refractivity contribution in [2.75, 3.05) is 10.2 Å². The first-order valence-electron chi connectivity index (χ1n) is 10.8. The van der Waals surface area contributed by atoms with Crippen molar-refractivity contribution < 1.29 is 9.59 Å². The van der Waals surface area contributed by atoms with Crippen molar-refractivity contribution in [3.05, 3.63) is 108 Å². The second kappa shape index (κ2) is 9.75. The zero-order valence-electron chi connectivity index (χ0n) is 18.5. The van der Waals surface area contributed by atoms with Crippen LogP contribution in [0.4, 0.5) is 21.9 Å². The summed E-state index contributed by atoms with van der Waals surface area (Å²) in [5.74, 6) is 0.475. The van der Waals surface area contributed by atoms with Gasteiger partial charge in [-0.05, 0) is 42.5 Å². The minimum atomic E-state index is -0.611. The molecule has 172 valence electrons. The summed E-state index contributed by atoms with van der Waals surface area (Å²) < 4.78 is 2.15. The molecule has 0 spiro atoms. The van der Waals surface area contributed by atoms with Crippen LogP contribution >= 0.6 is 11.8 Å². The van der Waals surface area contributed by atoms with Crippen LogP contribution in [0.3, 0.4) is 0 Å². The van der Waals surface area contributed by atoms with E-state index in [1.807, 2.05) is 36.7 Å². The largest absolute Gasteiger partial charge is 0.339 e. The molecule has 0 saturated heterocycles. The lowest BCUT2D eigenvalue weighted by atomic mass is 10.1. The van der Waals surface area contributed by atoms with Gasteiger partial charge in [0.15, 0.2) is 6.19 Å². The fourth-order valence-electron chi connectivity index (χ4n) is 4.03. The molecule has 1 atom stereocenters. The SMILES string of the molecule is N#CNC(=O)N(c1ccccc1)c1cccc(C(=O)Nc2ccn3c2CSC3c2cccnc2)c1. The van der Waals surface area contributed by atoms with Gasteiger partial charge in [-0.2, -0.15) is 5.26 Å². The standard InChI is InChI=1S/C26H20N6O2S/c27-17-29-26(34)32(20-8-2-1-3-9-20)21-10-4-6-18(14-21)24(33)30-22-11-13-31-23(22)16-35-25(31)19-7-5-12-28-15-19/h1-15,25H,16H2,(H,29,34)(H,30,33). The predicted molar refractivity (Wildman–Crippen MR) is 135 cm³/mol. The van der Waals surface area contributed by atoms with E-state index in [2.05, 4.69) is 20.2 Å². The van der Waals surface area contributed by atoms with Gasteiger partial charge < -0.3 is 9.88 Å². The number of carbonyl (C=O) groups is 2. The number of para-hydroxylation sites is 1. The average Bonchev–Trinajstić information content (AvgIpc) is 3.49. The van der Waals surface area contributed by atoms with Crippen LogP contribution in [0, 0.1) is 11.5 Å². The lowest BCUT2D eigenvalue weighted by Crippen LogP contribution is -2.34. The summed E-state index contributed by atoms with van der Waals surface area (Å²) in [7, 11) is 0. The predicted octanol–water partition coefficient (Wildman–Crippen LogP) is 5.26. The molecular formula is C26H20N6O2S. The lowest BCUT2D eigenvalue weighted by molar-refractivity contribution is 0.102. The number of urea groups is 1. The number of thioether (sulfide) groups is 1. The highest BCUT2D eigenvalue weighted by Crippen LogP contribution is 2.43. The Kier molecular flexibility index (Phi) is 6.20. The van der Waals surface area contributed by atoms with Gasteiger partial charge in [0, 0.05) is 35.5 Å². The smallest absolute Gasteiger partial charge is 0.332 e. The monoisotopic (exact) mass is 480 g/mol. The van der Waals surface area contributed by atoms with E-state index in [0.717, 1.165) is 22.7 Å². The van der Waals surface area contributed by atoms with Crippen LogP contribution in [0.15, 0.2) is 91.4 Å². The van der Waals surface area contributed by atoms with Gasteiger partial charge in [-0.3, -0.25) is 14.7 Å². The van der Waals surface area contributed by atoms with Crippen molar-refractivity contribution >= 4 is 40.8 Å². The topological polar surface area (TPSA) is 103 Å². The first-order chi connectivity index (χ1) is 17.2.